The Morgan fingerprint density at radius 1 is 0.500 bits per heavy atom. The summed E-state index contributed by atoms with van der Waals surface area (Å²) in [5.74, 6) is -0.779. The molecule has 0 bridgehead atoms. The van der Waals surface area contributed by atoms with Gasteiger partial charge in [-0.05, 0) is 49.0 Å². The predicted octanol–water partition coefficient (Wildman–Crippen LogP) is 7.09. The first kappa shape index (κ1) is 24.4. The van der Waals surface area contributed by atoms with E-state index in [4.69, 9.17) is 18.9 Å². The highest BCUT2D eigenvalue weighted by atomic mass is 16.7. The third-order valence-corrected chi connectivity index (χ3v) is 7.31. The van der Waals surface area contributed by atoms with Crippen LogP contribution in [0.2, 0.25) is 0 Å². The van der Waals surface area contributed by atoms with E-state index < -0.39 is 0 Å². The van der Waals surface area contributed by atoms with E-state index in [0.717, 1.165) is 39.3 Å². The maximum Gasteiger partial charge on any atom is 0.211 e. The van der Waals surface area contributed by atoms with Crippen molar-refractivity contribution in [1.29, 1.82) is 0 Å². The highest BCUT2D eigenvalue weighted by molar-refractivity contribution is 5.39. The fourth-order valence-corrected chi connectivity index (χ4v) is 4.84. The van der Waals surface area contributed by atoms with Crippen LogP contribution in [-0.2, 0) is 18.9 Å². The molecular formula is C28H46O4. The lowest BCUT2D eigenvalue weighted by atomic mass is 9.95. The Morgan fingerprint density at radius 2 is 0.781 bits per heavy atom. The molecule has 2 aliphatic heterocycles. The van der Waals surface area contributed by atoms with E-state index >= 15 is 0 Å². The van der Waals surface area contributed by atoms with Crippen molar-refractivity contribution in [2.75, 3.05) is 26.4 Å². The summed E-state index contributed by atoms with van der Waals surface area (Å²) >= 11 is 0. The molecule has 4 rings (SSSR count). The van der Waals surface area contributed by atoms with Gasteiger partial charge in [0, 0.05) is 10.8 Å². The second-order valence-corrected chi connectivity index (χ2v) is 12.2. The maximum atomic E-state index is 5.98. The van der Waals surface area contributed by atoms with Gasteiger partial charge in [0.1, 0.15) is 0 Å². The van der Waals surface area contributed by atoms with Gasteiger partial charge in [-0.3, -0.25) is 0 Å². The molecule has 4 aliphatic rings. The van der Waals surface area contributed by atoms with Crippen LogP contribution in [0.15, 0.2) is 23.3 Å². The lowest BCUT2D eigenvalue weighted by molar-refractivity contribution is -0.231. The van der Waals surface area contributed by atoms with Crippen molar-refractivity contribution in [3.8, 4) is 0 Å². The van der Waals surface area contributed by atoms with Crippen molar-refractivity contribution in [2.45, 2.75) is 116 Å². The molecule has 2 saturated heterocycles. The molecule has 0 saturated carbocycles. The van der Waals surface area contributed by atoms with E-state index in [1.54, 1.807) is 0 Å². The summed E-state index contributed by atoms with van der Waals surface area (Å²) in [7, 11) is 0. The van der Waals surface area contributed by atoms with Crippen LogP contribution in [0.1, 0.15) is 105 Å². The molecule has 2 heterocycles. The van der Waals surface area contributed by atoms with Crippen LogP contribution in [0.3, 0.4) is 0 Å². The quantitative estimate of drug-likeness (QED) is 0.224. The summed E-state index contributed by atoms with van der Waals surface area (Å²) in [6.45, 7) is 12.0. The topological polar surface area (TPSA) is 36.9 Å². The number of rotatable bonds is 13. The molecule has 2 aliphatic carbocycles. The second-order valence-electron chi connectivity index (χ2n) is 12.2. The monoisotopic (exact) mass is 446 g/mol. The minimum atomic E-state index is -0.389. The Labute approximate surface area is 196 Å². The molecule has 4 nitrogen and oxygen atoms in total. The molecule has 0 N–H and O–H groups in total. The van der Waals surface area contributed by atoms with Crippen molar-refractivity contribution >= 4 is 0 Å². The average molecular weight is 447 g/mol. The average Bonchev–Trinajstić information content (AvgIpc) is 3.63. The predicted molar refractivity (Wildman–Crippen MR) is 128 cm³/mol. The Balaban J connectivity index is 0.905. The summed E-state index contributed by atoms with van der Waals surface area (Å²) in [6, 6.07) is 0. The normalized spacial score (nSPS) is 26.1. The first-order valence-corrected chi connectivity index (χ1v) is 13.2. The van der Waals surface area contributed by atoms with Crippen LogP contribution in [0.25, 0.3) is 0 Å². The number of unbranched alkanes of at least 4 members (excludes halogenated alkanes) is 9. The minimum Gasteiger partial charge on any atom is -0.342 e. The summed E-state index contributed by atoms with van der Waals surface area (Å²) in [5, 5.41) is 0. The third-order valence-electron chi connectivity index (χ3n) is 7.31. The van der Waals surface area contributed by atoms with E-state index in [1.165, 1.54) is 75.4 Å². The Bertz CT molecular complexity index is 622. The molecule has 0 amide bonds. The molecular weight excluding hydrogens is 400 g/mol. The molecule has 0 aromatic carbocycles. The van der Waals surface area contributed by atoms with E-state index in [2.05, 4.69) is 39.8 Å². The van der Waals surface area contributed by atoms with Crippen molar-refractivity contribution in [3.05, 3.63) is 23.3 Å². The number of hydrogen-bond acceptors (Lipinski definition) is 4. The van der Waals surface area contributed by atoms with Crippen molar-refractivity contribution in [2.24, 2.45) is 10.8 Å². The molecule has 182 valence electrons. The van der Waals surface area contributed by atoms with Crippen LogP contribution >= 0.6 is 0 Å². The zero-order valence-corrected chi connectivity index (χ0v) is 21.1. The fourth-order valence-electron chi connectivity index (χ4n) is 4.84. The van der Waals surface area contributed by atoms with Crippen molar-refractivity contribution < 1.29 is 18.9 Å². The van der Waals surface area contributed by atoms with Crippen molar-refractivity contribution in [3.63, 3.8) is 0 Å². The Kier molecular flexibility index (Phi) is 7.56. The van der Waals surface area contributed by atoms with E-state index in [-0.39, 0.29) is 22.4 Å². The van der Waals surface area contributed by atoms with Crippen LogP contribution in [-0.4, -0.2) is 38.0 Å². The van der Waals surface area contributed by atoms with Crippen LogP contribution in [0.4, 0.5) is 0 Å². The van der Waals surface area contributed by atoms with Gasteiger partial charge < -0.3 is 18.9 Å². The summed E-state index contributed by atoms with van der Waals surface area (Å²) in [6.07, 6.45) is 20.1. The molecule has 0 unspecified atom stereocenters. The standard InChI is InChI=1S/C28H46O4/c1-25(2)19-29-27(30-20-25)17-23(27)15-13-11-9-7-5-6-8-10-12-14-16-24-18-28(24)31-21-26(3,4)22-32-28/h17-18H,5-16,19-22H2,1-4H3. The molecule has 32 heavy (non-hydrogen) atoms. The van der Waals surface area contributed by atoms with Gasteiger partial charge in [0.05, 0.1) is 26.4 Å². The highest BCUT2D eigenvalue weighted by Crippen LogP contribution is 2.48. The zero-order valence-electron chi connectivity index (χ0n) is 21.1. The smallest absolute Gasteiger partial charge is 0.211 e. The van der Waals surface area contributed by atoms with Crippen molar-refractivity contribution in [1.82, 2.24) is 0 Å². The second kappa shape index (κ2) is 9.90. The molecule has 0 aromatic rings. The Hall–Kier alpha value is -0.680. The fraction of sp³-hybridized carbons (Fsp3) is 0.857. The molecule has 2 fully saturated rings. The van der Waals surface area contributed by atoms with E-state index in [9.17, 15) is 0 Å². The number of ether oxygens (including phenoxy) is 4. The van der Waals surface area contributed by atoms with Gasteiger partial charge in [0.15, 0.2) is 0 Å². The van der Waals surface area contributed by atoms with Gasteiger partial charge in [-0.1, -0.05) is 79.1 Å². The largest absolute Gasteiger partial charge is 0.342 e. The molecule has 0 aromatic heterocycles. The van der Waals surface area contributed by atoms with E-state index in [1.807, 2.05) is 0 Å². The van der Waals surface area contributed by atoms with Gasteiger partial charge in [0.25, 0.3) is 0 Å². The summed E-state index contributed by atoms with van der Waals surface area (Å²) in [5.41, 5.74) is 3.07. The van der Waals surface area contributed by atoms with Crippen LogP contribution in [0, 0.1) is 10.8 Å². The molecule has 2 spiro atoms. The lowest BCUT2D eigenvalue weighted by Gasteiger charge is -2.36. The highest BCUT2D eigenvalue weighted by Gasteiger charge is 2.51. The molecule has 4 heteroatoms. The first-order chi connectivity index (χ1) is 15.2. The third kappa shape index (κ3) is 6.46. The SMILES string of the molecule is CC1(C)COC2(C=C2CCCCCCCCCCCCC2=CC23OCC(C)(C)CO3)OC1. The summed E-state index contributed by atoms with van der Waals surface area (Å²) in [4.78, 5) is 0. The maximum absolute atomic E-state index is 5.98. The van der Waals surface area contributed by atoms with E-state index in [0.29, 0.717) is 0 Å². The zero-order chi connectivity index (χ0) is 22.7. The lowest BCUT2D eigenvalue weighted by Crippen LogP contribution is -2.40. The summed E-state index contributed by atoms with van der Waals surface area (Å²) < 4.78 is 23.9. The Morgan fingerprint density at radius 3 is 1.09 bits per heavy atom. The van der Waals surface area contributed by atoms with Crippen LogP contribution in [0.5, 0.6) is 0 Å². The van der Waals surface area contributed by atoms with Gasteiger partial charge in [-0.2, -0.15) is 0 Å². The van der Waals surface area contributed by atoms with Gasteiger partial charge in [-0.15, -0.1) is 0 Å². The van der Waals surface area contributed by atoms with Gasteiger partial charge >= 0.3 is 0 Å². The van der Waals surface area contributed by atoms with Gasteiger partial charge in [-0.25, -0.2) is 0 Å². The molecule has 0 atom stereocenters. The number of hydrogen-bond donors (Lipinski definition) is 0. The van der Waals surface area contributed by atoms with Gasteiger partial charge in [0.2, 0.25) is 11.6 Å². The molecule has 0 radical (unpaired) electrons. The first-order valence-electron chi connectivity index (χ1n) is 13.2. The minimum absolute atomic E-state index is 0.154. The van der Waals surface area contributed by atoms with Crippen LogP contribution < -0.4 is 0 Å².